The van der Waals surface area contributed by atoms with Crippen LogP contribution in [0.3, 0.4) is 0 Å². The first-order valence-electron chi connectivity index (χ1n) is 6.76. The number of nitrogens with one attached hydrogen (secondary N) is 1. The summed E-state index contributed by atoms with van der Waals surface area (Å²) in [5.41, 5.74) is 0.931. The highest BCUT2D eigenvalue weighted by Gasteiger charge is 2.29. The lowest BCUT2D eigenvalue weighted by molar-refractivity contribution is 0.137. The Morgan fingerprint density at radius 1 is 1.47 bits per heavy atom. The largest absolute Gasteiger partial charge is 0.312 e. The first kappa shape index (κ1) is 14.9. The van der Waals surface area contributed by atoms with Gasteiger partial charge in [-0.25, -0.2) is 4.39 Å². The first-order chi connectivity index (χ1) is 8.87. The van der Waals surface area contributed by atoms with E-state index in [1.807, 2.05) is 6.07 Å². The van der Waals surface area contributed by atoms with Crippen molar-refractivity contribution in [3.05, 3.63) is 34.1 Å². The Kier molecular flexibility index (Phi) is 4.64. The molecular formula is C15H22BrFN2. The molecule has 0 aromatic heterocycles. The van der Waals surface area contributed by atoms with Crippen LogP contribution in [-0.2, 0) is 6.54 Å². The minimum Gasteiger partial charge on any atom is -0.312 e. The van der Waals surface area contributed by atoms with Crippen LogP contribution in [0.1, 0.15) is 32.3 Å². The van der Waals surface area contributed by atoms with Gasteiger partial charge in [0.1, 0.15) is 5.82 Å². The van der Waals surface area contributed by atoms with Crippen LogP contribution < -0.4 is 5.32 Å². The van der Waals surface area contributed by atoms with Gasteiger partial charge in [0.05, 0.1) is 0 Å². The van der Waals surface area contributed by atoms with Crippen molar-refractivity contribution in [2.24, 2.45) is 0 Å². The Morgan fingerprint density at radius 3 is 2.89 bits per heavy atom. The molecule has 0 radical (unpaired) electrons. The fourth-order valence-electron chi connectivity index (χ4n) is 2.78. The molecule has 0 saturated carbocycles. The normalized spacial score (nSPS) is 22.7. The highest BCUT2D eigenvalue weighted by Crippen LogP contribution is 2.24. The van der Waals surface area contributed by atoms with Crippen molar-refractivity contribution in [2.75, 3.05) is 13.6 Å². The molecule has 106 valence electrons. The molecule has 0 bridgehead atoms. The Labute approximate surface area is 123 Å². The van der Waals surface area contributed by atoms with Crippen LogP contribution in [-0.4, -0.2) is 30.1 Å². The van der Waals surface area contributed by atoms with Gasteiger partial charge in [0, 0.05) is 28.2 Å². The van der Waals surface area contributed by atoms with Crippen molar-refractivity contribution in [2.45, 2.75) is 44.8 Å². The van der Waals surface area contributed by atoms with Gasteiger partial charge in [-0.2, -0.15) is 0 Å². The van der Waals surface area contributed by atoms with Gasteiger partial charge in [0.25, 0.3) is 0 Å². The van der Waals surface area contributed by atoms with E-state index in [2.05, 4.69) is 47.0 Å². The highest BCUT2D eigenvalue weighted by atomic mass is 79.9. The third kappa shape index (κ3) is 4.01. The molecular weight excluding hydrogens is 307 g/mol. The summed E-state index contributed by atoms with van der Waals surface area (Å²) in [6.07, 6.45) is 2.22. The number of rotatable bonds is 3. The standard InChI is InChI=1S/C15H22BrFN2/c1-15(2)9-13(6-7-18-15)19(3)10-11-8-12(16)4-5-14(11)17/h4-5,8,13,18H,6-7,9-10H2,1-3H3. The van der Waals surface area contributed by atoms with Crippen LogP contribution in [0, 0.1) is 5.82 Å². The Bertz CT molecular complexity index is 448. The Balaban J connectivity index is 2.04. The molecule has 0 amide bonds. The van der Waals surface area contributed by atoms with Gasteiger partial charge in [0.2, 0.25) is 0 Å². The number of piperidine rings is 1. The quantitative estimate of drug-likeness (QED) is 0.912. The fourth-order valence-corrected chi connectivity index (χ4v) is 3.19. The molecule has 1 heterocycles. The van der Waals surface area contributed by atoms with E-state index in [4.69, 9.17) is 0 Å². The zero-order chi connectivity index (χ0) is 14.0. The van der Waals surface area contributed by atoms with Gasteiger partial charge in [-0.1, -0.05) is 15.9 Å². The van der Waals surface area contributed by atoms with E-state index in [-0.39, 0.29) is 11.4 Å². The molecule has 4 heteroatoms. The third-order valence-corrected chi connectivity index (χ3v) is 4.37. The zero-order valence-electron chi connectivity index (χ0n) is 11.8. The summed E-state index contributed by atoms with van der Waals surface area (Å²) in [7, 11) is 2.09. The predicted molar refractivity (Wildman–Crippen MR) is 80.7 cm³/mol. The topological polar surface area (TPSA) is 15.3 Å². The SMILES string of the molecule is CN(Cc1cc(Br)ccc1F)C1CCNC(C)(C)C1. The number of benzene rings is 1. The Hall–Kier alpha value is -0.450. The molecule has 1 fully saturated rings. The number of hydrogen-bond acceptors (Lipinski definition) is 2. The molecule has 1 saturated heterocycles. The third-order valence-electron chi connectivity index (χ3n) is 3.88. The summed E-state index contributed by atoms with van der Waals surface area (Å²) in [6, 6.07) is 5.65. The summed E-state index contributed by atoms with van der Waals surface area (Å²) < 4.78 is 14.7. The molecule has 2 rings (SSSR count). The maximum atomic E-state index is 13.8. The van der Waals surface area contributed by atoms with Crippen molar-refractivity contribution in [1.82, 2.24) is 10.2 Å². The van der Waals surface area contributed by atoms with Crippen molar-refractivity contribution in [1.29, 1.82) is 0 Å². The van der Waals surface area contributed by atoms with Crippen LogP contribution in [0.2, 0.25) is 0 Å². The molecule has 1 atom stereocenters. The summed E-state index contributed by atoms with van der Waals surface area (Å²) in [5.74, 6) is -0.122. The van der Waals surface area contributed by atoms with Crippen molar-refractivity contribution in [3.8, 4) is 0 Å². The van der Waals surface area contributed by atoms with E-state index in [1.165, 1.54) is 6.07 Å². The molecule has 1 unspecified atom stereocenters. The van der Waals surface area contributed by atoms with Gasteiger partial charge in [0.15, 0.2) is 0 Å². The lowest BCUT2D eigenvalue weighted by atomic mass is 9.88. The second kappa shape index (κ2) is 5.90. The maximum absolute atomic E-state index is 13.8. The Morgan fingerprint density at radius 2 is 2.21 bits per heavy atom. The van der Waals surface area contributed by atoms with Crippen molar-refractivity contribution in [3.63, 3.8) is 0 Å². The average Bonchev–Trinajstić information content (AvgIpc) is 2.32. The molecule has 19 heavy (non-hydrogen) atoms. The molecule has 1 N–H and O–H groups in total. The smallest absolute Gasteiger partial charge is 0.127 e. The van der Waals surface area contributed by atoms with E-state index in [0.29, 0.717) is 12.6 Å². The summed E-state index contributed by atoms with van der Waals surface area (Å²) >= 11 is 3.41. The molecule has 2 nitrogen and oxygen atoms in total. The van der Waals surface area contributed by atoms with Crippen molar-refractivity contribution < 1.29 is 4.39 Å². The van der Waals surface area contributed by atoms with E-state index < -0.39 is 0 Å². The number of halogens is 2. The summed E-state index contributed by atoms with van der Waals surface area (Å²) in [6.45, 7) is 6.15. The van der Waals surface area contributed by atoms with E-state index in [0.717, 1.165) is 29.4 Å². The van der Waals surface area contributed by atoms with Gasteiger partial charge >= 0.3 is 0 Å². The van der Waals surface area contributed by atoms with Crippen molar-refractivity contribution >= 4 is 15.9 Å². The van der Waals surface area contributed by atoms with E-state index in [1.54, 1.807) is 6.07 Å². The summed E-state index contributed by atoms with van der Waals surface area (Å²) in [5, 5.41) is 3.52. The lowest BCUT2D eigenvalue weighted by Crippen LogP contribution is -2.52. The van der Waals surface area contributed by atoms with Gasteiger partial charge in [-0.15, -0.1) is 0 Å². The van der Waals surface area contributed by atoms with E-state index in [9.17, 15) is 4.39 Å². The lowest BCUT2D eigenvalue weighted by Gasteiger charge is -2.40. The fraction of sp³-hybridized carbons (Fsp3) is 0.600. The van der Waals surface area contributed by atoms with Crippen LogP contribution in [0.4, 0.5) is 4.39 Å². The van der Waals surface area contributed by atoms with Gasteiger partial charge in [-0.3, -0.25) is 4.90 Å². The van der Waals surface area contributed by atoms with Crippen LogP contribution in [0.5, 0.6) is 0 Å². The minimum atomic E-state index is -0.122. The van der Waals surface area contributed by atoms with Crippen LogP contribution in [0.25, 0.3) is 0 Å². The first-order valence-corrected chi connectivity index (χ1v) is 7.56. The van der Waals surface area contributed by atoms with Gasteiger partial charge < -0.3 is 5.32 Å². The van der Waals surface area contributed by atoms with Crippen LogP contribution in [0.15, 0.2) is 22.7 Å². The second-order valence-electron chi connectivity index (χ2n) is 6.11. The maximum Gasteiger partial charge on any atom is 0.127 e. The molecule has 1 aliphatic heterocycles. The highest BCUT2D eigenvalue weighted by molar-refractivity contribution is 9.10. The molecule has 1 aromatic carbocycles. The molecule has 1 aromatic rings. The number of nitrogens with zero attached hydrogens (tertiary/aromatic N) is 1. The predicted octanol–water partition coefficient (Wildman–Crippen LogP) is 3.55. The summed E-state index contributed by atoms with van der Waals surface area (Å²) in [4.78, 5) is 2.27. The van der Waals surface area contributed by atoms with E-state index >= 15 is 0 Å². The average molecular weight is 329 g/mol. The second-order valence-corrected chi connectivity index (χ2v) is 7.02. The minimum absolute atomic E-state index is 0.122. The molecule has 1 aliphatic rings. The monoisotopic (exact) mass is 328 g/mol. The zero-order valence-corrected chi connectivity index (χ0v) is 13.4. The van der Waals surface area contributed by atoms with Crippen LogP contribution >= 0.6 is 15.9 Å². The van der Waals surface area contributed by atoms with Gasteiger partial charge in [-0.05, 0) is 58.5 Å². The number of hydrogen-bond donors (Lipinski definition) is 1. The molecule has 0 aliphatic carbocycles. The molecule has 0 spiro atoms.